The number of halogens is 3. The van der Waals surface area contributed by atoms with Gasteiger partial charge in [-0.3, -0.25) is 4.79 Å². The lowest BCUT2D eigenvalue weighted by atomic mass is 10.1. The third-order valence-corrected chi connectivity index (χ3v) is 3.44. The lowest BCUT2D eigenvalue weighted by Gasteiger charge is -2.21. The van der Waals surface area contributed by atoms with Gasteiger partial charge in [0.1, 0.15) is 17.7 Å². The summed E-state index contributed by atoms with van der Waals surface area (Å²) >= 11 is 0. The Morgan fingerprint density at radius 2 is 2.14 bits per heavy atom. The van der Waals surface area contributed by atoms with Crippen LogP contribution in [0.4, 0.5) is 8.78 Å². The predicted molar refractivity (Wildman–Crippen MR) is 77.0 cm³/mol. The van der Waals surface area contributed by atoms with Gasteiger partial charge in [-0.1, -0.05) is 6.07 Å². The molecule has 1 saturated heterocycles. The minimum absolute atomic E-state index is 0. The fourth-order valence-corrected chi connectivity index (χ4v) is 2.29. The molecule has 1 aromatic rings. The highest BCUT2D eigenvalue weighted by molar-refractivity contribution is 5.85. The lowest BCUT2D eigenvalue weighted by Crippen LogP contribution is -2.36. The summed E-state index contributed by atoms with van der Waals surface area (Å²) in [5.41, 5.74) is 5.77. The highest BCUT2D eigenvalue weighted by atomic mass is 35.5. The standard InChI is InChI=1S/C14H18F2N2O2.ClH/c1-18(8-9-2-3-10(15)6-12(9)16)14(19)13-5-4-11(7-17)20-13;/h2-3,6,11,13H,4-5,7-8,17H2,1H3;1H/t11-,13+;/m1./s1. The molecule has 0 bridgehead atoms. The second-order valence-corrected chi connectivity index (χ2v) is 4.99. The average Bonchev–Trinajstić information content (AvgIpc) is 2.89. The Morgan fingerprint density at radius 1 is 1.43 bits per heavy atom. The fraction of sp³-hybridized carbons (Fsp3) is 0.500. The minimum Gasteiger partial charge on any atom is -0.364 e. The zero-order valence-corrected chi connectivity index (χ0v) is 12.5. The van der Waals surface area contributed by atoms with E-state index in [1.54, 1.807) is 7.05 Å². The number of nitrogens with zero attached hydrogens (tertiary/aromatic N) is 1. The van der Waals surface area contributed by atoms with Gasteiger partial charge in [0, 0.05) is 31.8 Å². The molecule has 1 aliphatic rings. The summed E-state index contributed by atoms with van der Waals surface area (Å²) in [6.07, 6.45) is 0.778. The van der Waals surface area contributed by atoms with Crippen LogP contribution in [0.5, 0.6) is 0 Å². The van der Waals surface area contributed by atoms with Crippen LogP contribution >= 0.6 is 12.4 Å². The summed E-state index contributed by atoms with van der Waals surface area (Å²) in [5.74, 6) is -1.49. The van der Waals surface area contributed by atoms with E-state index in [1.807, 2.05) is 0 Å². The third-order valence-electron chi connectivity index (χ3n) is 3.44. The normalized spacial score (nSPS) is 21.0. The maximum Gasteiger partial charge on any atom is 0.251 e. The molecule has 1 heterocycles. The molecule has 0 spiro atoms. The smallest absolute Gasteiger partial charge is 0.251 e. The van der Waals surface area contributed by atoms with E-state index in [1.165, 1.54) is 17.0 Å². The highest BCUT2D eigenvalue weighted by Gasteiger charge is 2.31. The van der Waals surface area contributed by atoms with E-state index in [2.05, 4.69) is 0 Å². The van der Waals surface area contributed by atoms with Gasteiger partial charge in [-0.15, -0.1) is 12.4 Å². The average molecular weight is 321 g/mol. The van der Waals surface area contributed by atoms with E-state index in [0.29, 0.717) is 13.0 Å². The maximum atomic E-state index is 13.5. The summed E-state index contributed by atoms with van der Waals surface area (Å²) in [5, 5.41) is 0. The summed E-state index contributed by atoms with van der Waals surface area (Å²) in [6.45, 7) is 0.470. The van der Waals surface area contributed by atoms with Gasteiger partial charge in [0.05, 0.1) is 6.10 Å². The van der Waals surface area contributed by atoms with Crippen molar-refractivity contribution in [3.8, 4) is 0 Å². The van der Waals surface area contributed by atoms with Crippen molar-refractivity contribution in [2.45, 2.75) is 31.6 Å². The van der Waals surface area contributed by atoms with E-state index < -0.39 is 17.7 Å². The van der Waals surface area contributed by atoms with Crippen LogP contribution in [0.1, 0.15) is 18.4 Å². The summed E-state index contributed by atoms with van der Waals surface area (Å²) in [7, 11) is 1.57. The van der Waals surface area contributed by atoms with Crippen LogP contribution in [0.25, 0.3) is 0 Å². The zero-order chi connectivity index (χ0) is 14.7. The number of hydrogen-bond donors (Lipinski definition) is 1. The highest BCUT2D eigenvalue weighted by Crippen LogP contribution is 2.21. The van der Waals surface area contributed by atoms with Crippen LogP contribution < -0.4 is 5.73 Å². The lowest BCUT2D eigenvalue weighted by molar-refractivity contribution is -0.141. The number of hydrogen-bond acceptors (Lipinski definition) is 3. The molecule has 1 amide bonds. The molecule has 0 radical (unpaired) electrons. The van der Waals surface area contributed by atoms with Crippen LogP contribution in [0.3, 0.4) is 0 Å². The molecule has 21 heavy (non-hydrogen) atoms. The first-order valence-electron chi connectivity index (χ1n) is 6.55. The molecule has 0 unspecified atom stereocenters. The van der Waals surface area contributed by atoms with Crippen molar-refractivity contribution in [3.63, 3.8) is 0 Å². The molecule has 0 saturated carbocycles. The first-order chi connectivity index (χ1) is 9.51. The van der Waals surface area contributed by atoms with Crippen LogP contribution in [0.15, 0.2) is 18.2 Å². The van der Waals surface area contributed by atoms with Crippen LogP contribution in [-0.2, 0) is 16.1 Å². The number of ether oxygens (including phenoxy) is 1. The Morgan fingerprint density at radius 3 is 2.71 bits per heavy atom. The quantitative estimate of drug-likeness (QED) is 0.921. The van der Waals surface area contributed by atoms with Gasteiger partial charge in [-0.25, -0.2) is 8.78 Å². The summed E-state index contributed by atoms with van der Waals surface area (Å²) in [6, 6.07) is 3.32. The Bertz CT molecular complexity index is 502. The van der Waals surface area contributed by atoms with E-state index in [-0.39, 0.29) is 36.5 Å². The molecule has 2 N–H and O–H groups in total. The summed E-state index contributed by atoms with van der Waals surface area (Å²) in [4.78, 5) is 13.5. The summed E-state index contributed by atoms with van der Waals surface area (Å²) < 4.78 is 31.9. The van der Waals surface area contributed by atoms with Gasteiger partial charge in [0.15, 0.2) is 0 Å². The number of benzene rings is 1. The number of carbonyl (C=O) groups is 1. The Balaban J connectivity index is 0.00000220. The van der Waals surface area contributed by atoms with Gasteiger partial charge in [0.2, 0.25) is 0 Å². The second-order valence-electron chi connectivity index (χ2n) is 4.99. The van der Waals surface area contributed by atoms with Gasteiger partial charge in [-0.2, -0.15) is 0 Å². The van der Waals surface area contributed by atoms with Crippen molar-refractivity contribution in [1.82, 2.24) is 4.90 Å². The zero-order valence-electron chi connectivity index (χ0n) is 11.7. The predicted octanol–water partition coefficient (Wildman–Crippen LogP) is 1.85. The molecule has 0 aliphatic carbocycles. The molecule has 7 heteroatoms. The van der Waals surface area contributed by atoms with E-state index >= 15 is 0 Å². The molecule has 2 atom stereocenters. The van der Waals surface area contributed by atoms with Crippen molar-refractivity contribution < 1.29 is 18.3 Å². The number of nitrogens with two attached hydrogens (primary N) is 1. The van der Waals surface area contributed by atoms with E-state index in [4.69, 9.17) is 10.5 Å². The van der Waals surface area contributed by atoms with Crippen molar-refractivity contribution >= 4 is 18.3 Å². The molecular weight excluding hydrogens is 302 g/mol. The first kappa shape index (κ1) is 17.8. The fourth-order valence-electron chi connectivity index (χ4n) is 2.29. The second kappa shape index (κ2) is 7.68. The first-order valence-corrected chi connectivity index (χ1v) is 6.55. The van der Waals surface area contributed by atoms with Crippen molar-refractivity contribution in [1.29, 1.82) is 0 Å². The molecule has 2 rings (SSSR count). The van der Waals surface area contributed by atoms with Gasteiger partial charge >= 0.3 is 0 Å². The van der Waals surface area contributed by atoms with Gasteiger partial charge in [-0.05, 0) is 18.9 Å². The SMILES string of the molecule is CN(Cc1ccc(F)cc1F)C(=O)[C@@H]1CC[C@H](CN)O1.Cl. The Kier molecular flexibility index (Phi) is 6.51. The Hall–Kier alpha value is -1.24. The van der Waals surface area contributed by atoms with Crippen LogP contribution in [-0.4, -0.2) is 36.6 Å². The van der Waals surface area contributed by atoms with Crippen LogP contribution in [0.2, 0.25) is 0 Å². The minimum atomic E-state index is -0.656. The molecular formula is C14H19ClF2N2O2. The molecule has 1 aromatic carbocycles. The van der Waals surface area contributed by atoms with E-state index in [9.17, 15) is 13.6 Å². The monoisotopic (exact) mass is 320 g/mol. The Labute approximate surface area is 128 Å². The van der Waals surface area contributed by atoms with Crippen LogP contribution in [0, 0.1) is 11.6 Å². The van der Waals surface area contributed by atoms with Crippen molar-refractivity contribution in [2.24, 2.45) is 5.73 Å². The van der Waals surface area contributed by atoms with Crippen molar-refractivity contribution in [3.05, 3.63) is 35.4 Å². The topological polar surface area (TPSA) is 55.6 Å². The molecule has 4 nitrogen and oxygen atoms in total. The van der Waals surface area contributed by atoms with Gasteiger partial charge < -0.3 is 15.4 Å². The number of amides is 1. The number of likely N-dealkylation sites (N-methyl/N-ethyl adjacent to an activating group) is 1. The maximum absolute atomic E-state index is 13.5. The molecule has 1 fully saturated rings. The molecule has 1 aliphatic heterocycles. The largest absolute Gasteiger partial charge is 0.364 e. The third kappa shape index (κ3) is 4.36. The number of rotatable bonds is 4. The van der Waals surface area contributed by atoms with Crippen molar-refractivity contribution in [2.75, 3.05) is 13.6 Å². The molecule has 118 valence electrons. The van der Waals surface area contributed by atoms with E-state index in [0.717, 1.165) is 12.5 Å². The number of carbonyl (C=O) groups excluding carboxylic acids is 1. The molecule has 0 aromatic heterocycles. The van der Waals surface area contributed by atoms with Gasteiger partial charge in [0.25, 0.3) is 5.91 Å².